The summed E-state index contributed by atoms with van der Waals surface area (Å²) in [7, 11) is 0. The highest BCUT2D eigenvalue weighted by atomic mass is 32.2. The van der Waals surface area contributed by atoms with Crippen LogP contribution < -0.4 is 5.11 Å². The second-order valence-electron chi connectivity index (χ2n) is 2.05. The van der Waals surface area contributed by atoms with Gasteiger partial charge in [-0.15, -0.1) is 0 Å². The van der Waals surface area contributed by atoms with Crippen molar-refractivity contribution in [2.75, 3.05) is 11.3 Å². The summed E-state index contributed by atoms with van der Waals surface area (Å²) in [5, 5.41) is 10.7. The zero-order valence-corrected chi connectivity index (χ0v) is 8.87. The van der Waals surface area contributed by atoms with Crippen LogP contribution in [0.2, 0.25) is 0 Å². The van der Waals surface area contributed by atoms with Crippen LogP contribution >= 0.6 is 24.4 Å². The van der Waals surface area contributed by atoms with E-state index < -0.39 is 5.97 Å². The minimum Gasteiger partial charge on any atom is -0.550 e. The SMILES string of the molecule is CCC(C)C(=O)[O-].CSCS. The molecule has 0 spiro atoms. The molecule has 4 heteroatoms. The highest BCUT2D eigenvalue weighted by molar-refractivity contribution is 8.08. The van der Waals surface area contributed by atoms with E-state index in [2.05, 4.69) is 12.6 Å². The second kappa shape index (κ2) is 10.2. The first kappa shape index (κ1) is 13.7. The molecule has 0 aromatic rings. The molecule has 68 valence electrons. The van der Waals surface area contributed by atoms with Gasteiger partial charge in [-0.05, 0) is 18.6 Å². The van der Waals surface area contributed by atoms with E-state index in [9.17, 15) is 9.90 Å². The van der Waals surface area contributed by atoms with Gasteiger partial charge >= 0.3 is 0 Å². The predicted molar refractivity (Wildman–Crippen MR) is 51.8 cm³/mol. The summed E-state index contributed by atoms with van der Waals surface area (Å²) in [6, 6.07) is 0. The number of aliphatic carboxylic acids is 1. The molecule has 0 amide bonds. The van der Waals surface area contributed by atoms with Gasteiger partial charge in [-0.3, -0.25) is 0 Å². The van der Waals surface area contributed by atoms with Gasteiger partial charge in [0.1, 0.15) is 0 Å². The van der Waals surface area contributed by atoms with Gasteiger partial charge in [-0.2, -0.15) is 24.4 Å². The second-order valence-corrected chi connectivity index (χ2v) is 3.66. The molecular weight excluding hydrogens is 180 g/mol. The Bertz CT molecular complexity index is 94.4. The molecule has 0 saturated heterocycles. The van der Waals surface area contributed by atoms with Crippen molar-refractivity contribution in [3.05, 3.63) is 0 Å². The molecule has 0 aliphatic heterocycles. The van der Waals surface area contributed by atoms with Crippen LogP contribution in [0, 0.1) is 5.92 Å². The van der Waals surface area contributed by atoms with Crippen LogP contribution in [-0.2, 0) is 4.79 Å². The Morgan fingerprint density at radius 3 is 2.09 bits per heavy atom. The van der Waals surface area contributed by atoms with Crippen molar-refractivity contribution in [2.24, 2.45) is 5.92 Å². The molecule has 2 nitrogen and oxygen atoms in total. The first-order valence-electron chi connectivity index (χ1n) is 3.40. The third kappa shape index (κ3) is 13.2. The van der Waals surface area contributed by atoms with Gasteiger partial charge in [0, 0.05) is 11.1 Å². The van der Waals surface area contributed by atoms with Gasteiger partial charge in [0.2, 0.25) is 0 Å². The lowest BCUT2D eigenvalue weighted by Crippen LogP contribution is -2.28. The fourth-order valence-corrected chi connectivity index (χ4v) is 0.167. The number of thioether (sulfide) groups is 1. The molecular formula is C7H15O2S2-. The summed E-state index contributed by atoms with van der Waals surface area (Å²) in [5.74, 6) is -1.25. The molecule has 0 rings (SSSR count). The lowest BCUT2D eigenvalue weighted by Gasteiger charge is -2.06. The third-order valence-corrected chi connectivity index (χ3v) is 2.18. The largest absolute Gasteiger partial charge is 0.550 e. The maximum Gasteiger partial charge on any atom is 0.0442 e. The number of carbonyl (C=O) groups excluding carboxylic acids is 1. The van der Waals surface area contributed by atoms with Crippen LogP contribution in [0.1, 0.15) is 20.3 Å². The maximum atomic E-state index is 9.82. The van der Waals surface area contributed by atoms with Crippen LogP contribution in [0.15, 0.2) is 0 Å². The molecule has 11 heavy (non-hydrogen) atoms. The van der Waals surface area contributed by atoms with Gasteiger partial charge in [0.25, 0.3) is 0 Å². The van der Waals surface area contributed by atoms with Crippen LogP contribution in [0.3, 0.4) is 0 Å². The lowest BCUT2D eigenvalue weighted by atomic mass is 10.1. The minimum atomic E-state index is -0.956. The van der Waals surface area contributed by atoms with Gasteiger partial charge in [-0.25, -0.2) is 0 Å². The van der Waals surface area contributed by atoms with Crippen molar-refractivity contribution >= 4 is 30.4 Å². The number of carbonyl (C=O) groups is 1. The van der Waals surface area contributed by atoms with Crippen molar-refractivity contribution in [1.29, 1.82) is 0 Å². The van der Waals surface area contributed by atoms with E-state index in [0.29, 0.717) is 6.42 Å². The van der Waals surface area contributed by atoms with Crippen molar-refractivity contribution < 1.29 is 9.90 Å². The Morgan fingerprint density at radius 2 is 2.09 bits per heavy atom. The number of hydrogen-bond acceptors (Lipinski definition) is 4. The third-order valence-electron chi connectivity index (χ3n) is 1.14. The van der Waals surface area contributed by atoms with E-state index in [4.69, 9.17) is 0 Å². The average Bonchev–Trinajstić information content (AvgIpc) is 2.03. The number of carboxylic acid groups (broad SMARTS) is 1. The Hall–Kier alpha value is 0.170. The highest BCUT2D eigenvalue weighted by Gasteiger charge is 1.94. The Labute approximate surface area is 78.2 Å². The van der Waals surface area contributed by atoms with E-state index in [1.807, 2.05) is 13.2 Å². The average molecular weight is 195 g/mol. The Balaban J connectivity index is 0. The molecule has 0 aliphatic rings. The van der Waals surface area contributed by atoms with Crippen LogP contribution in [-0.4, -0.2) is 17.3 Å². The quantitative estimate of drug-likeness (QED) is 0.540. The molecule has 0 bridgehead atoms. The van der Waals surface area contributed by atoms with Crippen molar-refractivity contribution in [1.82, 2.24) is 0 Å². The molecule has 1 atom stereocenters. The molecule has 1 unspecified atom stereocenters. The van der Waals surface area contributed by atoms with E-state index >= 15 is 0 Å². The van der Waals surface area contributed by atoms with Gasteiger partial charge in [-0.1, -0.05) is 13.8 Å². The molecule has 0 fully saturated rings. The van der Waals surface area contributed by atoms with Crippen molar-refractivity contribution in [2.45, 2.75) is 20.3 Å². The summed E-state index contributed by atoms with van der Waals surface area (Å²) < 4.78 is 0. The van der Waals surface area contributed by atoms with E-state index in [1.54, 1.807) is 18.7 Å². The molecule has 0 saturated carbocycles. The van der Waals surface area contributed by atoms with Crippen LogP contribution in [0.4, 0.5) is 0 Å². The molecule has 0 heterocycles. The maximum absolute atomic E-state index is 9.82. The van der Waals surface area contributed by atoms with Crippen LogP contribution in [0.25, 0.3) is 0 Å². The summed E-state index contributed by atoms with van der Waals surface area (Å²) in [6.45, 7) is 3.45. The number of rotatable bonds is 3. The molecule has 0 aromatic heterocycles. The normalized spacial score (nSPS) is 11.3. The van der Waals surface area contributed by atoms with Gasteiger partial charge in [0.15, 0.2) is 0 Å². The number of thiol groups is 1. The minimum absolute atomic E-state index is 0.292. The zero-order valence-electron chi connectivity index (χ0n) is 7.16. The number of carboxylic acids is 1. The topological polar surface area (TPSA) is 40.1 Å². The molecule has 0 aromatic carbocycles. The fourth-order valence-electron chi connectivity index (χ4n) is 0.167. The molecule has 0 N–H and O–H groups in total. The summed E-state index contributed by atoms with van der Waals surface area (Å²) in [6.07, 6.45) is 2.68. The Morgan fingerprint density at radius 1 is 1.73 bits per heavy atom. The van der Waals surface area contributed by atoms with E-state index in [-0.39, 0.29) is 5.92 Å². The van der Waals surface area contributed by atoms with Gasteiger partial charge < -0.3 is 9.90 Å². The summed E-state index contributed by atoms with van der Waals surface area (Å²) in [5.41, 5.74) is 0. The zero-order chi connectivity index (χ0) is 9.28. The van der Waals surface area contributed by atoms with Crippen LogP contribution in [0.5, 0.6) is 0 Å². The van der Waals surface area contributed by atoms with E-state index in [0.717, 1.165) is 5.08 Å². The smallest absolute Gasteiger partial charge is 0.0442 e. The monoisotopic (exact) mass is 195 g/mol. The van der Waals surface area contributed by atoms with Crippen molar-refractivity contribution in [3.8, 4) is 0 Å². The molecule has 0 radical (unpaired) electrons. The first-order valence-corrected chi connectivity index (χ1v) is 5.43. The summed E-state index contributed by atoms with van der Waals surface area (Å²) in [4.78, 5) is 9.82. The van der Waals surface area contributed by atoms with Gasteiger partial charge in [0.05, 0.1) is 0 Å². The number of hydrogen-bond donors (Lipinski definition) is 1. The lowest BCUT2D eigenvalue weighted by molar-refractivity contribution is -0.311. The molecule has 0 aliphatic carbocycles. The highest BCUT2D eigenvalue weighted by Crippen LogP contribution is 1.95. The van der Waals surface area contributed by atoms with Crippen molar-refractivity contribution in [3.63, 3.8) is 0 Å². The Kier molecular flexibility index (Phi) is 12.7. The first-order chi connectivity index (χ1) is 5.09. The standard InChI is InChI=1S/C5H10O2.C2H6S2/c1-3-4(2)5(6)7;1-4-2-3/h4H,3H2,1-2H3,(H,6,7);3H,2H2,1H3/p-1. The fraction of sp³-hybridized carbons (Fsp3) is 0.857. The van der Waals surface area contributed by atoms with E-state index in [1.165, 1.54) is 0 Å². The summed E-state index contributed by atoms with van der Waals surface area (Å²) >= 11 is 5.60. The predicted octanol–water partition coefficient (Wildman–Crippen LogP) is 1.02.